The molecule has 1 aromatic carbocycles. The lowest BCUT2D eigenvalue weighted by atomic mass is 9.97. The quantitative estimate of drug-likeness (QED) is 0.727. The van der Waals surface area contributed by atoms with E-state index in [0.29, 0.717) is 25.1 Å². The van der Waals surface area contributed by atoms with Crippen LogP contribution in [0.25, 0.3) is 0 Å². The van der Waals surface area contributed by atoms with Crippen LogP contribution < -0.4 is 10.1 Å². The zero-order valence-corrected chi connectivity index (χ0v) is 17.9. The summed E-state index contributed by atoms with van der Waals surface area (Å²) in [4.78, 5) is 12.9. The highest BCUT2D eigenvalue weighted by molar-refractivity contribution is 7.89. The second-order valence-corrected chi connectivity index (χ2v) is 10.0. The van der Waals surface area contributed by atoms with Gasteiger partial charge in [-0.2, -0.15) is 4.31 Å². The first-order valence-electron chi connectivity index (χ1n) is 10.1. The number of halogens is 1. The van der Waals surface area contributed by atoms with Crippen LogP contribution in [0.2, 0.25) is 5.02 Å². The molecule has 6 nitrogen and oxygen atoms in total. The van der Waals surface area contributed by atoms with Crippen molar-refractivity contribution < 1.29 is 17.9 Å². The molecule has 0 aromatic heterocycles. The number of nitrogens with zero attached hydrogens (tertiary/aromatic N) is 1. The Morgan fingerprint density at radius 3 is 2.50 bits per heavy atom. The summed E-state index contributed by atoms with van der Waals surface area (Å²) in [7, 11) is -2.22. The molecule has 2 aliphatic rings. The van der Waals surface area contributed by atoms with Crippen molar-refractivity contribution in [3.05, 3.63) is 23.2 Å². The van der Waals surface area contributed by atoms with Crippen molar-refractivity contribution in [2.75, 3.05) is 20.2 Å². The average molecular weight is 429 g/mol. The lowest BCUT2D eigenvalue weighted by molar-refractivity contribution is -0.126. The molecular weight excluding hydrogens is 400 g/mol. The molecule has 1 saturated carbocycles. The monoisotopic (exact) mass is 428 g/mol. The SMILES string of the molecule is COc1ccc(S(=O)(=O)N2CCCC(C(=O)NC3CCCCCC3)C2)cc1Cl. The number of carbonyl (C=O) groups excluding carboxylic acids is 1. The molecule has 8 heteroatoms. The summed E-state index contributed by atoms with van der Waals surface area (Å²) >= 11 is 6.10. The van der Waals surface area contributed by atoms with E-state index < -0.39 is 10.0 Å². The lowest BCUT2D eigenvalue weighted by Crippen LogP contribution is -2.47. The molecule has 0 bridgehead atoms. The van der Waals surface area contributed by atoms with E-state index in [9.17, 15) is 13.2 Å². The zero-order valence-electron chi connectivity index (χ0n) is 16.3. The lowest BCUT2D eigenvalue weighted by Gasteiger charge is -2.32. The number of ether oxygens (including phenoxy) is 1. The van der Waals surface area contributed by atoms with Crippen molar-refractivity contribution in [3.63, 3.8) is 0 Å². The maximum Gasteiger partial charge on any atom is 0.243 e. The number of amides is 1. The summed E-state index contributed by atoms with van der Waals surface area (Å²) in [6, 6.07) is 4.68. The van der Waals surface area contributed by atoms with E-state index in [2.05, 4.69) is 5.32 Å². The third-order valence-corrected chi connectivity index (χ3v) is 7.87. The van der Waals surface area contributed by atoms with Gasteiger partial charge in [-0.05, 0) is 43.9 Å². The fourth-order valence-electron chi connectivity index (χ4n) is 4.07. The molecule has 1 amide bonds. The fraction of sp³-hybridized carbons (Fsp3) is 0.650. The predicted octanol–water partition coefficient (Wildman–Crippen LogP) is 3.59. The van der Waals surface area contributed by atoms with Crippen LogP contribution in [0, 0.1) is 5.92 Å². The smallest absolute Gasteiger partial charge is 0.243 e. The van der Waals surface area contributed by atoms with Crippen LogP contribution in [0.4, 0.5) is 0 Å². The third kappa shape index (κ3) is 4.99. The summed E-state index contributed by atoms with van der Waals surface area (Å²) in [6.45, 7) is 0.629. The molecule has 1 unspecified atom stereocenters. The number of piperidine rings is 1. The number of nitrogens with one attached hydrogen (secondary N) is 1. The maximum absolute atomic E-state index is 13.0. The fourth-order valence-corrected chi connectivity index (χ4v) is 5.95. The van der Waals surface area contributed by atoms with Crippen LogP contribution in [0.3, 0.4) is 0 Å². The molecule has 1 saturated heterocycles. The largest absolute Gasteiger partial charge is 0.495 e. The number of rotatable bonds is 5. The predicted molar refractivity (Wildman–Crippen MR) is 109 cm³/mol. The van der Waals surface area contributed by atoms with Crippen molar-refractivity contribution in [1.29, 1.82) is 0 Å². The van der Waals surface area contributed by atoms with Gasteiger partial charge in [0.05, 0.1) is 22.9 Å². The normalized spacial score (nSPS) is 22.4. The molecule has 3 rings (SSSR count). The zero-order chi connectivity index (χ0) is 20.1. The van der Waals surface area contributed by atoms with Crippen LogP contribution in [-0.4, -0.2) is 44.9 Å². The molecule has 2 fully saturated rings. The first-order chi connectivity index (χ1) is 13.4. The Kier molecular flexibility index (Phi) is 7.23. The minimum Gasteiger partial charge on any atom is -0.495 e. The van der Waals surface area contributed by atoms with Gasteiger partial charge in [-0.25, -0.2) is 8.42 Å². The van der Waals surface area contributed by atoms with E-state index in [-0.39, 0.29) is 34.3 Å². The molecule has 1 N–H and O–H groups in total. The maximum atomic E-state index is 13.0. The summed E-state index contributed by atoms with van der Waals surface area (Å²) in [6.07, 6.45) is 8.18. The molecule has 1 aliphatic heterocycles. The highest BCUT2D eigenvalue weighted by Crippen LogP contribution is 2.30. The molecule has 0 radical (unpaired) electrons. The molecule has 1 atom stereocenters. The van der Waals surface area contributed by atoms with E-state index in [0.717, 1.165) is 25.7 Å². The van der Waals surface area contributed by atoms with E-state index in [1.165, 1.54) is 36.4 Å². The molecule has 28 heavy (non-hydrogen) atoms. The number of benzene rings is 1. The van der Waals surface area contributed by atoms with Gasteiger partial charge in [0.25, 0.3) is 0 Å². The first-order valence-corrected chi connectivity index (χ1v) is 11.9. The third-order valence-electron chi connectivity index (χ3n) is 5.72. The van der Waals surface area contributed by atoms with Crippen LogP contribution in [-0.2, 0) is 14.8 Å². The van der Waals surface area contributed by atoms with Crippen LogP contribution in [0.1, 0.15) is 51.4 Å². The average Bonchev–Trinajstić information content (AvgIpc) is 2.96. The van der Waals surface area contributed by atoms with Crippen molar-refractivity contribution in [1.82, 2.24) is 9.62 Å². The molecular formula is C20H29ClN2O4S. The minimum atomic E-state index is -3.70. The van der Waals surface area contributed by atoms with E-state index in [1.54, 1.807) is 6.07 Å². The van der Waals surface area contributed by atoms with Gasteiger partial charge < -0.3 is 10.1 Å². The number of hydrogen-bond donors (Lipinski definition) is 1. The van der Waals surface area contributed by atoms with Gasteiger partial charge in [0.1, 0.15) is 5.75 Å². The van der Waals surface area contributed by atoms with Gasteiger partial charge in [-0.1, -0.05) is 37.3 Å². The Morgan fingerprint density at radius 2 is 1.86 bits per heavy atom. The summed E-state index contributed by atoms with van der Waals surface area (Å²) in [5.41, 5.74) is 0. The van der Waals surface area contributed by atoms with Gasteiger partial charge in [-0.15, -0.1) is 0 Å². The second-order valence-electron chi connectivity index (χ2n) is 7.70. The number of sulfonamides is 1. The molecule has 1 aromatic rings. The van der Waals surface area contributed by atoms with Crippen LogP contribution >= 0.6 is 11.6 Å². The van der Waals surface area contributed by atoms with Crippen molar-refractivity contribution in [2.45, 2.75) is 62.3 Å². The van der Waals surface area contributed by atoms with Crippen molar-refractivity contribution in [2.24, 2.45) is 5.92 Å². The van der Waals surface area contributed by atoms with Gasteiger partial charge in [-0.3, -0.25) is 4.79 Å². The van der Waals surface area contributed by atoms with Crippen molar-refractivity contribution >= 4 is 27.5 Å². The summed E-state index contributed by atoms with van der Waals surface area (Å²) < 4.78 is 32.6. The second kappa shape index (κ2) is 9.46. The van der Waals surface area contributed by atoms with Crippen molar-refractivity contribution in [3.8, 4) is 5.75 Å². The first kappa shape index (κ1) is 21.4. The highest BCUT2D eigenvalue weighted by Gasteiger charge is 2.34. The number of hydrogen-bond acceptors (Lipinski definition) is 4. The topological polar surface area (TPSA) is 75.7 Å². The summed E-state index contributed by atoms with van der Waals surface area (Å²) in [5, 5.41) is 3.42. The van der Waals surface area contributed by atoms with Gasteiger partial charge in [0.15, 0.2) is 0 Å². The molecule has 1 heterocycles. The standard InChI is InChI=1S/C20H29ClN2O4S/c1-27-19-11-10-17(13-18(19)21)28(25,26)23-12-6-7-15(14-23)20(24)22-16-8-4-2-3-5-9-16/h10-11,13,15-16H,2-9,12,14H2,1H3,(H,22,24). The number of carbonyl (C=O) groups is 1. The van der Waals surface area contributed by atoms with E-state index in [4.69, 9.17) is 16.3 Å². The minimum absolute atomic E-state index is 0.0143. The number of methoxy groups -OCH3 is 1. The Morgan fingerprint density at radius 1 is 1.14 bits per heavy atom. The van der Waals surface area contributed by atoms with E-state index in [1.807, 2.05) is 0 Å². The highest BCUT2D eigenvalue weighted by atomic mass is 35.5. The van der Waals surface area contributed by atoms with E-state index >= 15 is 0 Å². The van der Waals surface area contributed by atoms with Crippen LogP contribution in [0.5, 0.6) is 5.75 Å². The Labute approximate surface area is 172 Å². The Hall–Kier alpha value is -1.31. The van der Waals surface area contributed by atoms with Crippen LogP contribution in [0.15, 0.2) is 23.1 Å². The van der Waals surface area contributed by atoms with Gasteiger partial charge in [0, 0.05) is 19.1 Å². The Bertz CT molecular complexity index is 791. The molecule has 0 spiro atoms. The van der Waals surface area contributed by atoms with Gasteiger partial charge in [0.2, 0.25) is 15.9 Å². The molecule has 1 aliphatic carbocycles. The summed E-state index contributed by atoms with van der Waals surface area (Å²) in [5.74, 6) is 0.111. The van der Waals surface area contributed by atoms with Gasteiger partial charge >= 0.3 is 0 Å². The molecule has 156 valence electrons. The Balaban J connectivity index is 1.67.